The van der Waals surface area contributed by atoms with Crippen LogP contribution in [0.5, 0.6) is 11.5 Å². The van der Waals surface area contributed by atoms with Crippen LogP contribution in [0.4, 0.5) is 5.69 Å². The highest BCUT2D eigenvalue weighted by Gasteiger charge is 2.13. The summed E-state index contributed by atoms with van der Waals surface area (Å²) in [6.07, 6.45) is 2.21. The van der Waals surface area contributed by atoms with Crippen LogP contribution in [-0.4, -0.2) is 29.5 Å². The van der Waals surface area contributed by atoms with Crippen LogP contribution in [0.25, 0.3) is 16.2 Å². The van der Waals surface area contributed by atoms with Crippen LogP contribution in [0, 0.1) is 0 Å². The number of imidazole rings is 1. The summed E-state index contributed by atoms with van der Waals surface area (Å²) in [5.41, 5.74) is 3.47. The lowest BCUT2D eigenvalue weighted by molar-refractivity contribution is -0.115. The van der Waals surface area contributed by atoms with Gasteiger partial charge in [-0.1, -0.05) is 30.3 Å². The fourth-order valence-electron chi connectivity index (χ4n) is 2.95. The summed E-state index contributed by atoms with van der Waals surface area (Å²) >= 11 is 1.52. The number of thiazole rings is 1. The molecule has 6 nitrogen and oxygen atoms in total. The van der Waals surface area contributed by atoms with E-state index < -0.39 is 0 Å². The normalized spacial score (nSPS) is 10.8. The van der Waals surface area contributed by atoms with E-state index in [1.807, 2.05) is 46.3 Å². The van der Waals surface area contributed by atoms with E-state index in [0.717, 1.165) is 21.9 Å². The van der Waals surface area contributed by atoms with Gasteiger partial charge in [0.2, 0.25) is 5.91 Å². The average Bonchev–Trinajstić information content (AvgIpc) is 3.30. The fraction of sp³-hybridized carbons (Fsp3) is 0.143. The molecule has 0 aliphatic carbocycles. The van der Waals surface area contributed by atoms with Crippen molar-refractivity contribution in [2.75, 3.05) is 19.5 Å². The van der Waals surface area contributed by atoms with E-state index in [1.165, 1.54) is 11.3 Å². The molecule has 0 aliphatic rings. The minimum Gasteiger partial charge on any atom is -0.497 e. The molecular weight excluding hydrogens is 374 g/mol. The summed E-state index contributed by atoms with van der Waals surface area (Å²) in [4.78, 5) is 18.1. The maximum absolute atomic E-state index is 12.6. The van der Waals surface area contributed by atoms with Crippen molar-refractivity contribution in [3.05, 3.63) is 65.8 Å². The minimum atomic E-state index is -0.120. The Morgan fingerprint density at radius 1 is 1.11 bits per heavy atom. The summed E-state index contributed by atoms with van der Waals surface area (Å²) in [6, 6.07) is 15.3. The van der Waals surface area contributed by atoms with Crippen molar-refractivity contribution < 1.29 is 14.3 Å². The smallest absolute Gasteiger partial charge is 0.230 e. The van der Waals surface area contributed by atoms with Crippen molar-refractivity contribution >= 4 is 27.9 Å². The first-order chi connectivity index (χ1) is 13.7. The lowest BCUT2D eigenvalue weighted by Crippen LogP contribution is -2.15. The second-order valence-electron chi connectivity index (χ2n) is 6.20. The Bertz CT molecular complexity index is 1100. The predicted molar refractivity (Wildman–Crippen MR) is 110 cm³/mol. The SMILES string of the molecule is COc1cc(NC(=O)Cc2csc3nc(-c4ccccc4)cn23)cc(OC)c1. The highest BCUT2D eigenvalue weighted by atomic mass is 32.1. The Morgan fingerprint density at radius 3 is 2.50 bits per heavy atom. The van der Waals surface area contributed by atoms with Crippen molar-refractivity contribution in [2.45, 2.75) is 6.42 Å². The van der Waals surface area contributed by atoms with E-state index in [9.17, 15) is 4.79 Å². The molecule has 4 rings (SSSR count). The number of carbonyl (C=O) groups is 1. The van der Waals surface area contributed by atoms with Gasteiger partial charge in [0.05, 0.1) is 26.3 Å². The second kappa shape index (κ2) is 7.74. The molecule has 2 aromatic carbocycles. The molecule has 0 atom stereocenters. The quantitative estimate of drug-likeness (QED) is 0.532. The Kier molecular flexibility index (Phi) is 4.99. The molecule has 1 N–H and O–H groups in total. The number of hydrogen-bond donors (Lipinski definition) is 1. The van der Waals surface area contributed by atoms with E-state index in [0.29, 0.717) is 17.2 Å². The first kappa shape index (κ1) is 18.1. The van der Waals surface area contributed by atoms with Gasteiger partial charge in [0.1, 0.15) is 11.5 Å². The third kappa shape index (κ3) is 3.70. The van der Waals surface area contributed by atoms with E-state index in [4.69, 9.17) is 9.47 Å². The van der Waals surface area contributed by atoms with E-state index in [2.05, 4.69) is 10.3 Å². The van der Waals surface area contributed by atoms with Gasteiger partial charge >= 0.3 is 0 Å². The second-order valence-corrected chi connectivity index (χ2v) is 7.03. The molecule has 0 radical (unpaired) electrons. The number of benzene rings is 2. The van der Waals surface area contributed by atoms with E-state index in [-0.39, 0.29) is 12.3 Å². The number of nitrogens with zero attached hydrogens (tertiary/aromatic N) is 2. The summed E-state index contributed by atoms with van der Waals surface area (Å²) in [5.74, 6) is 1.12. The average molecular weight is 393 g/mol. The highest BCUT2D eigenvalue weighted by Crippen LogP contribution is 2.27. The highest BCUT2D eigenvalue weighted by molar-refractivity contribution is 7.15. The van der Waals surface area contributed by atoms with Crippen LogP contribution in [0.3, 0.4) is 0 Å². The minimum absolute atomic E-state index is 0.120. The van der Waals surface area contributed by atoms with Crippen molar-refractivity contribution in [3.8, 4) is 22.8 Å². The van der Waals surface area contributed by atoms with Gasteiger partial charge in [-0.25, -0.2) is 4.98 Å². The molecule has 0 unspecified atom stereocenters. The standard InChI is InChI=1S/C21H19N3O3S/c1-26-17-8-15(9-18(11-17)27-2)22-20(25)10-16-13-28-21-23-19(12-24(16)21)14-6-4-3-5-7-14/h3-9,11-13H,10H2,1-2H3,(H,22,25). The Labute approximate surface area is 166 Å². The van der Waals surface area contributed by atoms with Gasteiger partial charge in [0.15, 0.2) is 4.96 Å². The molecule has 7 heteroatoms. The number of rotatable bonds is 6. The Morgan fingerprint density at radius 2 is 1.82 bits per heavy atom. The molecule has 28 heavy (non-hydrogen) atoms. The van der Waals surface area contributed by atoms with Gasteiger partial charge in [-0.2, -0.15) is 0 Å². The van der Waals surface area contributed by atoms with Crippen LogP contribution in [0.1, 0.15) is 5.69 Å². The van der Waals surface area contributed by atoms with E-state index >= 15 is 0 Å². The van der Waals surface area contributed by atoms with Crippen LogP contribution in [-0.2, 0) is 11.2 Å². The molecule has 0 bridgehead atoms. The van der Waals surface area contributed by atoms with Gasteiger partial charge in [-0.05, 0) is 0 Å². The number of carbonyl (C=O) groups excluding carboxylic acids is 1. The van der Waals surface area contributed by atoms with Crippen LogP contribution >= 0.6 is 11.3 Å². The number of fused-ring (bicyclic) bond motifs is 1. The molecular formula is C21H19N3O3S. The molecule has 0 saturated carbocycles. The topological polar surface area (TPSA) is 64.9 Å². The van der Waals surface area contributed by atoms with Crippen LogP contribution < -0.4 is 14.8 Å². The zero-order valence-electron chi connectivity index (χ0n) is 15.5. The molecule has 0 fully saturated rings. The van der Waals surface area contributed by atoms with Crippen molar-refractivity contribution in [1.82, 2.24) is 9.38 Å². The summed E-state index contributed by atoms with van der Waals surface area (Å²) in [7, 11) is 3.15. The molecule has 142 valence electrons. The zero-order valence-corrected chi connectivity index (χ0v) is 16.3. The lowest BCUT2D eigenvalue weighted by Gasteiger charge is -2.09. The Balaban J connectivity index is 1.53. The summed E-state index contributed by atoms with van der Waals surface area (Å²) in [6.45, 7) is 0. The molecule has 0 spiro atoms. The summed E-state index contributed by atoms with van der Waals surface area (Å²) < 4.78 is 12.5. The van der Waals surface area contributed by atoms with Crippen molar-refractivity contribution in [1.29, 1.82) is 0 Å². The van der Waals surface area contributed by atoms with Gasteiger partial charge < -0.3 is 14.8 Å². The lowest BCUT2D eigenvalue weighted by atomic mass is 10.2. The maximum atomic E-state index is 12.6. The van der Waals surface area contributed by atoms with Gasteiger partial charge in [-0.15, -0.1) is 11.3 Å². The van der Waals surface area contributed by atoms with Crippen molar-refractivity contribution in [3.63, 3.8) is 0 Å². The van der Waals surface area contributed by atoms with Gasteiger partial charge in [0, 0.05) is 46.7 Å². The number of aromatic nitrogens is 2. The van der Waals surface area contributed by atoms with Crippen molar-refractivity contribution in [2.24, 2.45) is 0 Å². The molecule has 4 aromatic rings. The number of anilines is 1. The fourth-order valence-corrected chi connectivity index (χ4v) is 3.83. The molecule has 0 saturated heterocycles. The predicted octanol–water partition coefficient (Wildman–Crippen LogP) is 4.26. The van der Waals surface area contributed by atoms with Crippen LogP contribution in [0.2, 0.25) is 0 Å². The zero-order chi connectivity index (χ0) is 19.5. The molecule has 1 amide bonds. The van der Waals surface area contributed by atoms with Crippen LogP contribution in [0.15, 0.2) is 60.1 Å². The number of ether oxygens (including phenoxy) is 2. The van der Waals surface area contributed by atoms with E-state index in [1.54, 1.807) is 32.4 Å². The maximum Gasteiger partial charge on any atom is 0.230 e. The summed E-state index contributed by atoms with van der Waals surface area (Å²) in [5, 5.41) is 4.87. The third-order valence-corrected chi connectivity index (χ3v) is 5.22. The number of methoxy groups -OCH3 is 2. The molecule has 0 aliphatic heterocycles. The van der Waals surface area contributed by atoms with Gasteiger partial charge in [0.25, 0.3) is 0 Å². The number of nitrogens with one attached hydrogen (secondary N) is 1. The monoisotopic (exact) mass is 393 g/mol. The number of amides is 1. The number of hydrogen-bond acceptors (Lipinski definition) is 5. The first-order valence-corrected chi connectivity index (χ1v) is 9.58. The molecule has 2 aromatic heterocycles. The third-order valence-electron chi connectivity index (χ3n) is 4.33. The van der Waals surface area contributed by atoms with Gasteiger partial charge in [-0.3, -0.25) is 9.20 Å². The molecule has 2 heterocycles. The Hall–Kier alpha value is -3.32. The first-order valence-electron chi connectivity index (χ1n) is 8.70. The largest absolute Gasteiger partial charge is 0.497 e.